The summed E-state index contributed by atoms with van der Waals surface area (Å²) in [6.07, 6.45) is 4.99. The minimum absolute atomic E-state index is 0.128. The highest BCUT2D eigenvalue weighted by molar-refractivity contribution is 6.33. The second-order valence-corrected chi connectivity index (χ2v) is 10.4. The van der Waals surface area contributed by atoms with Gasteiger partial charge in [0.25, 0.3) is 11.5 Å². The van der Waals surface area contributed by atoms with Crippen molar-refractivity contribution < 1.29 is 9.21 Å². The third-order valence-electron chi connectivity index (χ3n) is 7.27. The number of amides is 1. The Labute approximate surface area is 232 Å². The molecule has 0 spiro atoms. The number of aromatic nitrogens is 2. The maximum atomic E-state index is 12.9. The minimum Gasteiger partial charge on any atom is -0.459 e. The number of carbonyl (C=O) groups is 1. The van der Waals surface area contributed by atoms with Gasteiger partial charge in [-0.05, 0) is 43.7 Å². The van der Waals surface area contributed by atoms with Crippen LogP contribution in [0, 0.1) is 0 Å². The van der Waals surface area contributed by atoms with Crippen molar-refractivity contribution in [3.05, 3.63) is 75.0 Å². The fourth-order valence-electron chi connectivity index (χ4n) is 5.06. The third kappa shape index (κ3) is 6.00. The molecule has 3 aromatic rings. The van der Waals surface area contributed by atoms with Crippen LogP contribution in [0.15, 0.2) is 58.1 Å². The Bertz CT molecular complexity index is 1280. The van der Waals surface area contributed by atoms with Crippen molar-refractivity contribution >= 4 is 40.5 Å². The molecule has 1 aromatic carbocycles. The Hall–Kier alpha value is -3.01. The van der Waals surface area contributed by atoms with Gasteiger partial charge in [-0.3, -0.25) is 14.5 Å². The summed E-state index contributed by atoms with van der Waals surface area (Å²) in [4.78, 5) is 33.9. The molecule has 5 rings (SSSR count). The summed E-state index contributed by atoms with van der Waals surface area (Å²) in [6.45, 7) is 7.58. The number of hydrogen-bond donors (Lipinski definition) is 0. The fraction of sp³-hybridized carbons (Fsp3) is 0.444. The lowest BCUT2D eigenvalue weighted by molar-refractivity contribution is 0.0714. The summed E-state index contributed by atoms with van der Waals surface area (Å²) in [5, 5.41) is 5.37. The number of carbonyl (C=O) groups excluding carboxylic acids is 1. The molecule has 9 nitrogen and oxygen atoms in total. The van der Waals surface area contributed by atoms with Gasteiger partial charge < -0.3 is 19.1 Å². The molecule has 0 bridgehead atoms. The molecule has 2 aliphatic heterocycles. The first-order valence-corrected chi connectivity index (χ1v) is 13.8. The zero-order valence-corrected chi connectivity index (χ0v) is 22.8. The highest BCUT2D eigenvalue weighted by Crippen LogP contribution is 2.26. The van der Waals surface area contributed by atoms with Crippen LogP contribution in [0.1, 0.15) is 23.4 Å². The van der Waals surface area contributed by atoms with Crippen LogP contribution in [0.5, 0.6) is 0 Å². The molecule has 1 amide bonds. The highest BCUT2D eigenvalue weighted by atomic mass is 35.5. The molecule has 0 unspecified atom stereocenters. The van der Waals surface area contributed by atoms with Gasteiger partial charge in [0.15, 0.2) is 5.76 Å². The van der Waals surface area contributed by atoms with Gasteiger partial charge in [-0.15, -0.1) is 0 Å². The predicted molar refractivity (Wildman–Crippen MR) is 150 cm³/mol. The van der Waals surface area contributed by atoms with Gasteiger partial charge in [0.2, 0.25) is 0 Å². The molecule has 0 N–H and O–H groups in total. The van der Waals surface area contributed by atoms with Gasteiger partial charge in [0, 0.05) is 58.9 Å². The zero-order chi connectivity index (χ0) is 26.5. The molecule has 2 fully saturated rings. The fourth-order valence-corrected chi connectivity index (χ4v) is 5.58. The molecule has 2 aliphatic rings. The van der Waals surface area contributed by atoms with E-state index in [9.17, 15) is 9.59 Å². The van der Waals surface area contributed by atoms with Crippen molar-refractivity contribution in [2.75, 3.05) is 68.7 Å². The lowest BCUT2D eigenvalue weighted by Crippen LogP contribution is -2.49. The predicted octanol–water partition coefficient (Wildman–Crippen LogP) is 3.71. The van der Waals surface area contributed by atoms with Crippen LogP contribution in [-0.4, -0.2) is 84.4 Å². The van der Waals surface area contributed by atoms with E-state index in [4.69, 9.17) is 27.6 Å². The number of rotatable bonds is 8. The van der Waals surface area contributed by atoms with Crippen LogP contribution in [0.2, 0.25) is 10.0 Å². The first-order valence-electron chi connectivity index (χ1n) is 13.1. The van der Waals surface area contributed by atoms with Crippen molar-refractivity contribution in [3.8, 4) is 0 Å². The van der Waals surface area contributed by atoms with Crippen LogP contribution < -0.4 is 15.4 Å². The number of piperazine rings is 2. The summed E-state index contributed by atoms with van der Waals surface area (Å²) in [5.74, 6) is 0.205. The quantitative estimate of drug-likeness (QED) is 0.390. The number of furan rings is 1. The van der Waals surface area contributed by atoms with Crippen LogP contribution in [0.3, 0.4) is 0 Å². The summed E-state index contributed by atoms with van der Waals surface area (Å²) in [7, 11) is 0. The summed E-state index contributed by atoms with van der Waals surface area (Å²) < 4.78 is 6.67. The largest absolute Gasteiger partial charge is 0.459 e. The molecule has 38 heavy (non-hydrogen) atoms. The van der Waals surface area contributed by atoms with E-state index in [-0.39, 0.29) is 16.5 Å². The Kier molecular flexibility index (Phi) is 8.56. The van der Waals surface area contributed by atoms with E-state index in [1.165, 1.54) is 10.9 Å². The second-order valence-electron chi connectivity index (χ2n) is 9.62. The number of halogens is 2. The molecule has 0 atom stereocenters. The van der Waals surface area contributed by atoms with Crippen LogP contribution in [-0.2, 0) is 6.54 Å². The maximum absolute atomic E-state index is 12.9. The molecule has 2 aromatic heterocycles. The van der Waals surface area contributed by atoms with E-state index in [0.29, 0.717) is 44.2 Å². The lowest BCUT2D eigenvalue weighted by atomic mass is 10.2. The van der Waals surface area contributed by atoms with Crippen molar-refractivity contribution in [2.45, 2.75) is 19.4 Å². The molecule has 11 heteroatoms. The molecule has 202 valence electrons. The van der Waals surface area contributed by atoms with Crippen molar-refractivity contribution in [1.82, 2.24) is 19.6 Å². The van der Waals surface area contributed by atoms with E-state index in [0.717, 1.165) is 56.3 Å². The number of nitrogens with zero attached hydrogens (tertiary/aromatic N) is 6. The van der Waals surface area contributed by atoms with E-state index in [2.05, 4.69) is 21.0 Å². The lowest BCUT2D eigenvalue weighted by Gasteiger charge is -2.36. The number of para-hydroxylation sites is 1. The smallest absolute Gasteiger partial charge is 0.289 e. The van der Waals surface area contributed by atoms with Gasteiger partial charge in [-0.1, -0.05) is 35.3 Å². The number of anilines is 2. The molecule has 0 radical (unpaired) electrons. The Morgan fingerprint density at radius 2 is 1.53 bits per heavy atom. The van der Waals surface area contributed by atoms with Gasteiger partial charge in [0.1, 0.15) is 5.02 Å². The van der Waals surface area contributed by atoms with Crippen LogP contribution in [0.25, 0.3) is 0 Å². The standard InChI is InChI=1S/C27H32Cl2N6O3/c28-21-6-1-2-7-22(21)32-13-11-31(12-14-32)9-3-4-10-35-27(37)25(29)23(20-30-35)33-15-17-34(18-16-33)26(36)24-8-5-19-38-24/h1-2,5-8,19-20H,3-4,9-18H2. The van der Waals surface area contributed by atoms with Crippen LogP contribution in [0.4, 0.5) is 11.4 Å². The monoisotopic (exact) mass is 558 g/mol. The van der Waals surface area contributed by atoms with Gasteiger partial charge in [0.05, 0.1) is 28.9 Å². The number of benzene rings is 1. The van der Waals surface area contributed by atoms with E-state index in [1.54, 1.807) is 23.2 Å². The van der Waals surface area contributed by atoms with Crippen LogP contribution >= 0.6 is 23.2 Å². The molecule has 0 aliphatic carbocycles. The highest BCUT2D eigenvalue weighted by Gasteiger charge is 2.26. The van der Waals surface area contributed by atoms with Crippen molar-refractivity contribution in [3.63, 3.8) is 0 Å². The molecular weight excluding hydrogens is 527 g/mol. The summed E-state index contributed by atoms with van der Waals surface area (Å²) in [5.41, 5.74) is 1.45. The topological polar surface area (TPSA) is 78.1 Å². The third-order valence-corrected chi connectivity index (χ3v) is 7.94. The molecular formula is C27H32Cl2N6O3. The minimum atomic E-state index is -0.272. The van der Waals surface area contributed by atoms with E-state index < -0.39 is 0 Å². The van der Waals surface area contributed by atoms with Gasteiger partial charge in [-0.2, -0.15) is 5.10 Å². The molecule has 4 heterocycles. The average molecular weight is 559 g/mol. The number of unbranched alkanes of at least 4 members (excludes halogenated alkanes) is 1. The second kappa shape index (κ2) is 12.2. The van der Waals surface area contributed by atoms with Gasteiger partial charge in [-0.25, -0.2) is 4.68 Å². The molecule has 0 saturated carbocycles. The molecule has 2 saturated heterocycles. The summed E-state index contributed by atoms with van der Waals surface area (Å²) in [6, 6.07) is 11.4. The Morgan fingerprint density at radius 3 is 2.24 bits per heavy atom. The van der Waals surface area contributed by atoms with Crippen molar-refractivity contribution in [1.29, 1.82) is 0 Å². The average Bonchev–Trinajstić information content (AvgIpc) is 3.49. The van der Waals surface area contributed by atoms with Gasteiger partial charge >= 0.3 is 0 Å². The normalized spacial score (nSPS) is 16.7. The first kappa shape index (κ1) is 26.6. The van der Waals surface area contributed by atoms with E-state index >= 15 is 0 Å². The maximum Gasteiger partial charge on any atom is 0.289 e. The zero-order valence-electron chi connectivity index (χ0n) is 21.3. The SMILES string of the molecule is O=C(c1ccco1)N1CCN(c2cnn(CCCCN3CCN(c4ccccc4Cl)CC3)c(=O)c2Cl)CC1. The Morgan fingerprint density at radius 1 is 0.842 bits per heavy atom. The van der Waals surface area contributed by atoms with Crippen molar-refractivity contribution in [2.24, 2.45) is 0 Å². The Balaban J connectivity index is 1.06. The number of aryl methyl sites for hydroxylation is 1. The number of hydrogen-bond acceptors (Lipinski definition) is 7. The first-order chi connectivity index (χ1) is 18.5. The summed E-state index contributed by atoms with van der Waals surface area (Å²) >= 11 is 12.8. The van der Waals surface area contributed by atoms with E-state index in [1.807, 2.05) is 23.1 Å².